The fraction of sp³-hybridized carbons (Fsp3) is 0.429. The fourth-order valence-electron chi connectivity index (χ4n) is 1.78. The molecule has 1 N–H and O–H groups in total. The second-order valence-corrected chi connectivity index (χ2v) is 5.02. The number of rotatable bonds is 7. The molecular weight excluding hydrogens is 232 g/mol. The number of nitrogens with one attached hydrogen (secondary N) is 1. The summed E-state index contributed by atoms with van der Waals surface area (Å²) in [5.74, 6) is 0. The lowest BCUT2D eigenvalue weighted by atomic mass is 10.2. The van der Waals surface area contributed by atoms with Gasteiger partial charge >= 0.3 is 0 Å². The van der Waals surface area contributed by atoms with Crippen molar-refractivity contribution < 1.29 is 0 Å². The summed E-state index contributed by atoms with van der Waals surface area (Å²) >= 11 is 5.72. The van der Waals surface area contributed by atoms with Crippen molar-refractivity contribution in [2.75, 3.05) is 20.1 Å². The summed E-state index contributed by atoms with van der Waals surface area (Å²) in [6.45, 7) is 8.44. The van der Waals surface area contributed by atoms with Crippen LogP contribution in [0.25, 0.3) is 0 Å². The van der Waals surface area contributed by atoms with Gasteiger partial charge in [0.15, 0.2) is 0 Å². The molecular formula is C14H21ClN2. The number of nitrogens with zero attached hydrogens (tertiary/aromatic N) is 1. The maximum atomic E-state index is 5.72. The van der Waals surface area contributed by atoms with E-state index in [1.165, 1.54) is 5.56 Å². The van der Waals surface area contributed by atoms with Crippen LogP contribution in [0, 0.1) is 0 Å². The van der Waals surface area contributed by atoms with E-state index in [0.29, 0.717) is 17.6 Å². The minimum Gasteiger partial charge on any atom is -0.308 e. The van der Waals surface area contributed by atoms with Gasteiger partial charge in [-0.05, 0) is 19.5 Å². The van der Waals surface area contributed by atoms with Gasteiger partial charge in [-0.3, -0.25) is 0 Å². The van der Waals surface area contributed by atoms with Crippen molar-refractivity contribution in [2.45, 2.75) is 19.5 Å². The normalized spacial score (nSPS) is 12.7. The molecule has 0 aromatic heterocycles. The van der Waals surface area contributed by atoms with Gasteiger partial charge in [0, 0.05) is 30.7 Å². The quantitative estimate of drug-likeness (QED) is 0.803. The van der Waals surface area contributed by atoms with Crippen molar-refractivity contribution in [3.05, 3.63) is 47.5 Å². The molecule has 94 valence electrons. The molecule has 0 radical (unpaired) electrons. The lowest BCUT2D eigenvalue weighted by Crippen LogP contribution is -2.37. The Morgan fingerprint density at radius 3 is 2.65 bits per heavy atom. The van der Waals surface area contributed by atoms with Gasteiger partial charge in [-0.15, -0.1) is 0 Å². The molecule has 1 unspecified atom stereocenters. The Kier molecular flexibility index (Phi) is 6.27. The predicted octanol–water partition coefficient (Wildman–Crippen LogP) is 2.85. The van der Waals surface area contributed by atoms with Crippen molar-refractivity contribution in [3.63, 3.8) is 0 Å². The van der Waals surface area contributed by atoms with Crippen LogP contribution in [0.2, 0.25) is 0 Å². The van der Waals surface area contributed by atoms with Gasteiger partial charge in [-0.1, -0.05) is 48.5 Å². The Morgan fingerprint density at radius 1 is 1.41 bits per heavy atom. The topological polar surface area (TPSA) is 15.3 Å². The van der Waals surface area contributed by atoms with Crippen molar-refractivity contribution in [2.24, 2.45) is 0 Å². The predicted molar refractivity (Wildman–Crippen MR) is 75.2 cm³/mol. The van der Waals surface area contributed by atoms with Gasteiger partial charge < -0.3 is 10.2 Å². The van der Waals surface area contributed by atoms with E-state index in [1.807, 2.05) is 6.07 Å². The molecule has 0 heterocycles. The zero-order chi connectivity index (χ0) is 12.7. The molecule has 0 spiro atoms. The van der Waals surface area contributed by atoms with E-state index in [-0.39, 0.29) is 0 Å². The van der Waals surface area contributed by atoms with E-state index in [2.05, 4.69) is 55.0 Å². The number of benzene rings is 1. The van der Waals surface area contributed by atoms with Gasteiger partial charge in [-0.2, -0.15) is 0 Å². The molecule has 17 heavy (non-hydrogen) atoms. The molecule has 1 aromatic carbocycles. The van der Waals surface area contributed by atoms with Crippen molar-refractivity contribution in [1.29, 1.82) is 0 Å². The Balaban J connectivity index is 2.29. The van der Waals surface area contributed by atoms with Crippen molar-refractivity contribution in [3.8, 4) is 0 Å². The number of hydrogen-bond acceptors (Lipinski definition) is 2. The lowest BCUT2D eigenvalue weighted by molar-refractivity contribution is 0.292. The number of likely N-dealkylation sites (N-methyl/N-ethyl adjacent to an activating group) is 1. The molecule has 0 aliphatic rings. The molecule has 1 aromatic rings. The van der Waals surface area contributed by atoms with E-state index < -0.39 is 0 Å². The van der Waals surface area contributed by atoms with Gasteiger partial charge in [-0.25, -0.2) is 0 Å². The first kappa shape index (κ1) is 14.2. The van der Waals surface area contributed by atoms with Gasteiger partial charge in [0.1, 0.15) is 0 Å². The van der Waals surface area contributed by atoms with E-state index >= 15 is 0 Å². The Bertz CT molecular complexity index is 337. The van der Waals surface area contributed by atoms with Gasteiger partial charge in [0.25, 0.3) is 0 Å². The second kappa shape index (κ2) is 7.49. The summed E-state index contributed by atoms with van der Waals surface area (Å²) in [4.78, 5) is 2.30. The van der Waals surface area contributed by atoms with Gasteiger partial charge in [0.2, 0.25) is 0 Å². The van der Waals surface area contributed by atoms with Crippen molar-refractivity contribution >= 4 is 11.6 Å². The van der Waals surface area contributed by atoms with Crippen LogP contribution in [0.1, 0.15) is 12.5 Å². The van der Waals surface area contributed by atoms with Gasteiger partial charge in [0.05, 0.1) is 0 Å². The average molecular weight is 253 g/mol. The van der Waals surface area contributed by atoms with E-state index in [4.69, 9.17) is 11.6 Å². The molecule has 0 bridgehead atoms. The summed E-state index contributed by atoms with van der Waals surface area (Å²) in [6, 6.07) is 10.9. The van der Waals surface area contributed by atoms with Crippen LogP contribution in [0.15, 0.2) is 41.9 Å². The van der Waals surface area contributed by atoms with E-state index in [1.54, 1.807) is 0 Å². The molecule has 0 fully saturated rings. The maximum absolute atomic E-state index is 5.72. The van der Waals surface area contributed by atoms with Crippen LogP contribution in [0.5, 0.6) is 0 Å². The Labute approximate surface area is 109 Å². The smallest absolute Gasteiger partial charge is 0.0310 e. The first-order valence-corrected chi connectivity index (χ1v) is 6.25. The standard InChI is InChI=1S/C14H21ClN2/c1-12(15)9-16-13(2)10-17(3)11-14-7-5-4-6-8-14/h4-8,13,16H,1,9-11H2,2-3H3. The third-order valence-corrected chi connectivity index (χ3v) is 2.66. The summed E-state index contributed by atoms with van der Waals surface area (Å²) in [6.07, 6.45) is 0. The molecule has 0 saturated carbocycles. The third kappa shape index (κ3) is 6.47. The molecule has 2 nitrogen and oxygen atoms in total. The van der Waals surface area contributed by atoms with Crippen LogP contribution >= 0.6 is 11.6 Å². The minimum absolute atomic E-state index is 0.402. The first-order valence-electron chi connectivity index (χ1n) is 5.87. The highest BCUT2D eigenvalue weighted by Gasteiger charge is 2.06. The largest absolute Gasteiger partial charge is 0.308 e. The van der Waals surface area contributed by atoms with Crippen LogP contribution in [-0.2, 0) is 6.54 Å². The lowest BCUT2D eigenvalue weighted by Gasteiger charge is -2.22. The average Bonchev–Trinajstić information content (AvgIpc) is 2.27. The summed E-state index contributed by atoms with van der Waals surface area (Å²) in [5.41, 5.74) is 1.34. The molecule has 1 atom stereocenters. The molecule has 3 heteroatoms. The van der Waals surface area contributed by atoms with Crippen molar-refractivity contribution in [1.82, 2.24) is 10.2 Å². The minimum atomic E-state index is 0.402. The molecule has 0 saturated heterocycles. The van der Waals surface area contributed by atoms with Crippen LogP contribution in [0.3, 0.4) is 0 Å². The summed E-state index contributed by atoms with van der Waals surface area (Å²) in [7, 11) is 2.13. The van der Waals surface area contributed by atoms with Crippen LogP contribution < -0.4 is 5.32 Å². The number of halogens is 1. The van der Waals surface area contributed by atoms with Crippen LogP contribution in [-0.4, -0.2) is 31.1 Å². The molecule has 1 rings (SSSR count). The third-order valence-electron chi connectivity index (χ3n) is 2.52. The Hall–Kier alpha value is -0.830. The number of hydrogen-bond donors (Lipinski definition) is 1. The summed E-state index contributed by atoms with van der Waals surface area (Å²) < 4.78 is 0. The zero-order valence-electron chi connectivity index (χ0n) is 10.6. The monoisotopic (exact) mass is 252 g/mol. The SMILES string of the molecule is C=C(Cl)CNC(C)CN(C)Cc1ccccc1. The first-order chi connectivity index (χ1) is 8.08. The summed E-state index contributed by atoms with van der Waals surface area (Å²) in [5, 5.41) is 3.98. The molecule has 0 amide bonds. The highest BCUT2D eigenvalue weighted by atomic mass is 35.5. The highest BCUT2D eigenvalue weighted by Crippen LogP contribution is 2.03. The Morgan fingerprint density at radius 2 is 2.06 bits per heavy atom. The van der Waals surface area contributed by atoms with Crippen LogP contribution in [0.4, 0.5) is 0 Å². The van der Waals surface area contributed by atoms with E-state index in [9.17, 15) is 0 Å². The van der Waals surface area contributed by atoms with E-state index in [0.717, 1.165) is 13.1 Å². The maximum Gasteiger partial charge on any atom is 0.0310 e. The molecule has 0 aliphatic heterocycles. The molecule has 0 aliphatic carbocycles. The fourth-order valence-corrected chi connectivity index (χ4v) is 1.85. The second-order valence-electron chi connectivity index (χ2n) is 4.48. The highest BCUT2D eigenvalue weighted by molar-refractivity contribution is 6.29. The zero-order valence-corrected chi connectivity index (χ0v) is 11.4.